The Kier molecular flexibility index (Phi) is 4.90. The van der Waals surface area contributed by atoms with E-state index in [1.54, 1.807) is 31.2 Å². The molecular weight excluding hydrogens is 270 g/mol. The van der Waals surface area contributed by atoms with E-state index < -0.39 is 3.79 Å². The predicted molar refractivity (Wildman–Crippen MR) is 65.8 cm³/mol. The van der Waals surface area contributed by atoms with Crippen molar-refractivity contribution in [3.63, 3.8) is 0 Å². The van der Waals surface area contributed by atoms with Crippen LogP contribution in [0.15, 0.2) is 24.3 Å². The average molecular weight is 282 g/mol. The molecule has 16 heavy (non-hydrogen) atoms. The van der Waals surface area contributed by atoms with Crippen LogP contribution in [0.5, 0.6) is 0 Å². The fraction of sp³-hybridized carbons (Fsp3) is 0.364. The van der Waals surface area contributed by atoms with Gasteiger partial charge in [-0.05, 0) is 5.56 Å². The van der Waals surface area contributed by atoms with E-state index >= 15 is 0 Å². The molecule has 0 spiro atoms. The monoisotopic (exact) mass is 280 g/mol. The Bertz CT molecular complexity index is 354. The lowest BCUT2D eigenvalue weighted by Crippen LogP contribution is -2.03. The largest absolute Gasteiger partial charge is 0.461 e. The van der Waals surface area contributed by atoms with E-state index in [1.165, 1.54) is 0 Å². The highest BCUT2D eigenvalue weighted by molar-refractivity contribution is 6.66. The molecule has 0 aromatic heterocycles. The summed E-state index contributed by atoms with van der Waals surface area (Å²) < 4.78 is 3.55. The molecule has 1 aromatic rings. The molecule has 1 rings (SSSR count). The maximum Gasteiger partial charge on any atom is 0.305 e. The SMILES string of the molecule is CCC(=O)OCc1ccc(C(Cl)(Cl)Cl)cc1. The lowest BCUT2D eigenvalue weighted by Gasteiger charge is -2.11. The van der Waals surface area contributed by atoms with Crippen LogP contribution in [0.1, 0.15) is 24.5 Å². The number of halogens is 3. The number of carbonyl (C=O) groups excluding carboxylic acids is 1. The number of esters is 1. The summed E-state index contributed by atoms with van der Waals surface area (Å²) in [6, 6.07) is 6.92. The van der Waals surface area contributed by atoms with Crippen molar-refractivity contribution in [1.29, 1.82) is 0 Å². The maximum absolute atomic E-state index is 10.9. The van der Waals surface area contributed by atoms with Crippen molar-refractivity contribution in [1.82, 2.24) is 0 Å². The van der Waals surface area contributed by atoms with E-state index in [9.17, 15) is 4.79 Å². The lowest BCUT2D eigenvalue weighted by molar-refractivity contribution is -0.144. The highest BCUT2D eigenvalue weighted by atomic mass is 35.6. The Morgan fingerprint density at radius 1 is 1.25 bits per heavy atom. The van der Waals surface area contributed by atoms with Crippen molar-refractivity contribution in [2.75, 3.05) is 0 Å². The van der Waals surface area contributed by atoms with Gasteiger partial charge in [0, 0.05) is 12.0 Å². The first-order chi connectivity index (χ1) is 7.43. The Hall–Kier alpha value is -0.440. The van der Waals surface area contributed by atoms with Gasteiger partial charge in [-0.1, -0.05) is 66.0 Å². The number of rotatable bonds is 3. The number of hydrogen-bond donors (Lipinski definition) is 0. The van der Waals surface area contributed by atoms with Crippen LogP contribution in [0.25, 0.3) is 0 Å². The normalized spacial score (nSPS) is 11.2. The molecule has 2 nitrogen and oxygen atoms in total. The third-order valence-electron chi connectivity index (χ3n) is 1.97. The summed E-state index contributed by atoms with van der Waals surface area (Å²) in [5.41, 5.74) is 1.45. The molecule has 0 radical (unpaired) electrons. The van der Waals surface area contributed by atoms with Crippen molar-refractivity contribution >= 4 is 40.8 Å². The van der Waals surface area contributed by atoms with Crippen molar-refractivity contribution in [3.8, 4) is 0 Å². The molecule has 0 heterocycles. The molecule has 0 aliphatic rings. The van der Waals surface area contributed by atoms with Crippen LogP contribution >= 0.6 is 34.8 Å². The Morgan fingerprint density at radius 3 is 2.25 bits per heavy atom. The van der Waals surface area contributed by atoms with Crippen LogP contribution in [-0.2, 0) is 19.9 Å². The summed E-state index contributed by atoms with van der Waals surface area (Å²) in [5, 5.41) is 0. The van der Waals surface area contributed by atoms with Crippen LogP contribution < -0.4 is 0 Å². The molecule has 0 saturated carbocycles. The maximum atomic E-state index is 10.9. The summed E-state index contributed by atoms with van der Waals surface area (Å²) in [4.78, 5) is 10.9. The van der Waals surface area contributed by atoms with Crippen LogP contribution in [0.4, 0.5) is 0 Å². The van der Waals surface area contributed by atoms with Crippen molar-refractivity contribution in [2.45, 2.75) is 23.7 Å². The fourth-order valence-electron chi connectivity index (χ4n) is 1.06. The molecule has 0 saturated heterocycles. The van der Waals surface area contributed by atoms with Crippen molar-refractivity contribution in [3.05, 3.63) is 35.4 Å². The highest BCUT2D eigenvalue weighted by Gasteiger charge is 2.22. The second-order valence-corrected chi connectivity index (χ2v) is 5.49. The first-order valence-electron chi connectivity index (χ1n) is 4.75. The predicted octanol–water partition coefficient (Wildman–Crippen LogP) is 3.97. The van der Waals surface area contributed by atoms with E-state index in [-0.39, 0.29) is 12.6 Å². The topological polar surface area (TPSA) is 26.3 Å². The van der Waals surface area contributed by atoms with Gasteiger partial charge in [0.05, 0.1) is 0 Å². The fourth-order valence-corrected chi connectivity index (χ4v) is 1.43. The molecule has 0 amide bonds. The first kappa shape index (κ1) is 13.6. The van der Waals surface area contributed by atoms with Gasteiger partial charge in [0.2, 0.25) is 3.79 Å². The van der Waals surface area contributed by atoms with Crippen LogP contribution in [-0.4, -0.2) is 5.97 Å². The number of carbonyl (C=O) groups is 1. The summed E-state index contributed by atoms with van der Waals surface area (Å²) in [7, 11) is 0. The molecule has 0 unspecified atom stereocenters. The van der Waals surface area contributed by atoms with Gasteiger partial charge in [-0.3, -0.25) is 4.79 Å². The molecule has 88 valence electrons. The molecule has 0 N–H and O–H groups in total. The quantitative estimate of drug-likeness (QED) is 0.619. The van der Waals surface area contributed by atoms with Gasteiger partial charge in [0.1, 0.15) is 6.61 Å². The molecule has 0 atom stereocenters. The summed E-state index contributed by atoms with van der Waals surface area (Å²) >= 11 is 17.1. The lowest BCUT2D eigenvalue weighted by atomic mass is 10.1. The standard InChI is InChI=1S/C11H11Cl3O2/c1-2-10(15)16-7-8-3-5-9(6-4-8)11(12,13)14/h3-6H,2,7H2,1H3. The number of benzene rings is 1. The van der Waals surface area contributed by atoms with Gasteiger partial charge in [-0.25, -0.2) is 0 Å². The minimum absolute atomic E-state index is 0.231. The Balaban J connectivity index is 2.62. The average Bonchev–Trinajstić information content (AvgIpc) is 2.25. The molecule has 0 fully saturated rings. The Labute approximate surface area is 109 Å². The van der Waals surface area contributed by atoms with E-state index in [1.807, 2.05) is 0 Å². The minimum atomic E-state index is -1.42. The summed E-state index contributed by atoms with van der Waals surface area (Å²) in [6.45, 7) is 1.99. The van der Waals surface area contributed by atoms with Crippen LogP contribution in [0.2, 0.25) is 0 Å². The van der Waals surface area contributed by atoms with Crippen molar-refractivity contribution < 1.29 is 9.53 Å². The first-order valence-corrected chi connectivity index (χ1v) is 5.88. The second-order valence-electron chi connectivity index (χ2n) is 3.21. The minimum Gasteiger partial charge on any atom is -0.461 e. The highest BCUT2D eigenvalue weighted by Crippen LogP contribution is 2.37. The summed E-state index contributed by atoms with van der Waals surface area (Å²) in [6.07, 6.45) is 0.367. The number of alkyl halides is 3. The molecule has 1 aromatic carbocycles. The van der Waals surface area contributed by atoms with E-state index in [0.717, 1.165) is 5.56 Å². The third-order valence-corrected chi connectivity index (χ3v) is 2.62. The second kappa shape index (κ2) is 5.76. The third kappa shape index (κ3) is 4.20. The molecule has 0 aliphatic carbocycles. The zero-order chi connectivity index (χ0) is 12.2. The van der Waals surface area contributed by atoms with E-state index in [4.69, 9.17) is 39.5 Å². The Morgan fingerprint density at radius 2 is 1.81 bits per heavy atom. The molecule has 0 aliphatic heterocycles. The zero-order valence-corrected chi connectivity index (χ0v) is 10.9. The zero-order valence-electron chi connectivity index (χ0n) is 8.67. The van der Waals surface area contributed by atoms with E-state index in [0.29, 0.717) is 12.0 Å². The molecule has 5 heteroatoms. The molecule has 0 bridgehead atoms. The van der Waals surface area contributed by atoms with Crippen LogP contribution in [0.3, 0.4) is 0 Å². The van der Waals surface area contributed by atoms with Crippen molar-refractivity contribution in [2.24, 2.45) is 0 Å². The van der Waals surface area contributed by atoms with Gasteiger partial charge in [-0.15, -0.1) is 0 Å². The van der Waals surface area contributed by atoms with Gasteiger partial charge in [-0.2, -0.15) is 0 Å². The van der Waals surface area contributed by atoms with Gasteiger partial charge in [0.15, 0.2) is 0 Å². The van der Waals surface area contributed by atoms with Crippen LogP contribution in [0, 0.1) is 0 Å². The van der Waals surface area contributed by atoms with Gasteiger partial charge in [0.25, 0.3) is 0 Å². The smallest absolute Gasteiger partial charge is 0.305 e. The molecular formula is C11H11Cl3O2. The van der Waals surface area contributed by atoms with E-state index in [2.05, 4.69) is 0 Å². The number of hydrogen-bond acceptors (Lipinski definition) is 2. The number of ether oxygens (including phenoxy) is 1. The van der Waals surface area contributed by atoms with Gasteiger partial charge >= 0.3 is 5.97 Å². The van der Waals surface area contributed by atoms with Gasteiger partial charge < -0.3 is 4.74 Å². The summed E-state index contributed by atoms with van der Waals surface area (Å²) in [5.74, 6) is -0.231.